The Morgan fingerprint density at radius 1 is 1.24 bits per heavy atom. The van der Waals surface area contributed by atoms with Gasteiger partial charge in [0.05, 0.1) is 16.2 Å². The molecule has 0 unspecified atom stereocenters. The topological polar surface area (TPSA) is 73.1 Å². The normalized spacial score (nSPS) is 12.7. The molecule has 0 N–H and O–H groups in total. The molecule has 1 aromatic carbocycles. The lowest BCUT2D eigenvalue weighted by Crippen LogP contribution is -2.12. The first-order valence-corrected chi connectivity index (χ1v) is 9.43. The number of nitrogens with zero attached hydrogens (tertiary/aromatic N) is 2. The molecule has 0 aliphatic carbocycles. The van der Waals surface area contributed by atoms with Crippen molar-refractivity contribution in [3.63, 3.8) is 0 Å². The van der Waals surface area contributed by atoms with Gasteiger partial charge in [-0.1, -0.05) is 22.9 Å². The van der Waals surface area contributed by atoms with Gasteiger partial charge in [-0.15, -0.1) is 0 Å². The number of halogens is 4. The third-order valence-electron chi connectivity index (χ3n) is 3.45. The lowest BCUT2D eigenvalue weighted by molar-refractivity contribution is -0.138. The lowest BCUT2D eigenvalue weighted by Gasteiger charge is -2.10. The molecule has 2 aromatic heterocycles. The number of hydrogen-bond acceptors (Lipinski definition) is 5. The minimum atomic E-state index is -4.71. The van der Waals surface area contributed by atoms with Gasteiger partial charge in [0.2, 0.25) is 5.89 Å². The molecule has 0 spiro atoms. The maximum absolute atomic E-state index is 12.9. The molecule has 0 fully saturated rings. The average Bonchev–Trinajstić information content (AvgIpc) is 2.96. The Kier molecular flexibility index (Phi) is 4.36. The number of rotatable bonds is 3. The number of oxazole rings is 1. The second-order valence-electron chi connectivity index (χ2n) is 5.10. The molecular weight excluding hydrogens is 425 g/mol. The number of benzene rings is 1. The van der Waals surface area contributed by atoms with Gasteiger partial charge in [-0.3, -0.25) is 0 Å². The van der Waals surface area contributed by atoms with E-state index in [1.165, 1.54) is 6.92 Å². The van der Waals surface area contributed by atoms with E-state index in [2.05, 4.69) is 25.9 Å². The van der Waals surface area contributed by atoms with Crippen LogP contribution in [0.2, 0.25) is 0 Å². The Balaban J connectivity index is 2.26. The number of pyridine rings is 1. The van der Waals surface area contributed by atoms with Gasteiger partial charge in [-0.05, 0) is 24.3 Å². The first kappa shape index (κ1) is 17.9. The second kappa shape index (κ2) is 6.10. The quantitative estimate of drug-likeness (QED) is 0.608. The molecule has 5 nitrogen and oxygen atoms in total. The van der Waals surface area contributed by atoms with Crippen LogP contribution in [0.4, 0.5) is 13.2 Å². The molecule has 0 aliphatic heterocycles. The Hall–Kier alpha value is -1.94. The van der Waals surface area contributed by atoms with Gasteiger partial charge in [0.25, 0.3) is 0 Å². The fraction of sp³-hybridized carbons (Fsp3) is 0.200. The zero-order valence-corrected chi connectivity index (χ0v) is 15.0. The lowest BCUT2D eigenvalue weighted by atomic mass is 10.2. The summed E-state index contributed by atoms with van der Waals surface area (Å²) in [4.78, 5) is 7.26. The van der Waals surface area contributed by atoms with Crippen molar-refractivity contribution in [3.05, 3.63) is 40.5 Å². The van der Waals surface area contributed by atoms with Crippen LogP contribution in [0.3, 0.4) is 0 Å². The highest BCUT2D eigenvalue weighted by Crippen LogP contribution is 2.35. The number of alkyl halides is 3. The van der Waals surface area contributed by atoms with Crippen molar-refractivity contribution in [1.29, 1.82) is 0 Å². The molecule has 10 heteroatoms. The molecule has 0 radical (unpaired) electrons. The molecule has 0 amide bonds. The molecule has 25 heavy (non-hydrogen) atoms. The van der Waals surface area contributed by atoms with Gasteiger partial charge in [0.15, 0.2) is 15.4 Å². The molecule has 0 atom stereocenters. The summed E-state index contributed by atoms with van der Waals surface area (Å²) in [6.45, 7) is 1.34. The van der Waals surface area contributed by atoms with Crippen molar-refractivity contribution in [2.24, 2.45) is 0 Å². The first-order chi connectivity index (χ1) is 11.6. The molecule has 0 aliphatic rings. The van der Waals surface area contributed by atoms with E-state index in [-0.39, 0.29) is 17.3 Å². The second-order valence-corrected chi connectivity index (χ2v) is 8.27. The van der Waals surface area contributed by atoms with E-state index in [0.29, 0.717) is 23.4 Å². The van der Waals surface area contributed by atoms with Crippen LogP contribution >= 0.6 is 15.9 Å². The molecule has 0 saturated carbocycles. The Morgan fingerprint density at radius 3 is 2.60 bits per heavy atom. The predicted octanol–water partition coefficient (Wildman–Crippen LogP) is 4.46. The summed E-state index contributed by atoms with van der Waals surface area (Å²) >= 11 is 3.27. The highest BCUT2D eigenvalue weighted by Gasteiger charge is 2.34. The van der Waals surface area contributed by atoms with Gasteiger partial charge in [-0.2, -0.15) is 13.2 Å². The Bertz CT molecular complexity index is 1060. The van der Waals surface area contributed by atoms with Gasteiger partial charge >= 0.3 is 6.18 Å². The van der Waals surface area contributed by atoms with Crippen LogP contribution in [-0.4, -0.2) is 24.1 Å². The SMILES string of the molecule is CCS(=O)(=O)c1cc(C(F)(F)F)cnc1-c1nc2cc(Br)ccc2o1. The smallest absolute Gasteiger partial charge is 0.417 e. The summed E-state index contributed by atoms with van der Waals surface area (Å²) in [5.74, 6) is -0.539. The fourth-order valence-corrected chi connectivity index (χ4v) is 3.56. The zero-order valence-electron chi connectivity index (χ0n) is 12.6. The molecule has 132 valence electrons. The van der Waals surface area contributed by atoms with Crippen LogP contribution in [-0.2, 0) is 16.0 Å². The molecule has 0 bridgehead atoms. The standard InChI is InChI=1S/C15H10BrF3N2O3S/c1-2-25(22,23)12-5-8(15(17,18)19)7-20-13(12)14-21-10-6-9(16)3-4-11(10)24-14/h3-7H,2H2,1H3. The first-order valence-electron chi connectivity index (χ1n) is 6.98. The summed E-state index contributed by atoms with van der Waals surface area (Å²) in [6.07, 6.45) is -4.15. The third kappa shape index (κ3) is 3.40. The Labute approximate surface area is 148 Å². The molecule has 3 rings (SSSR count). The highest BCUT2D eigenvalue weighted by molar-refractivity contribution is 9.10. The van der Waals surface area contributed by atoms with Gasteiger partial charge < -0.3 is 4.42 Å². The highest BCUT2D eigenvalue weighted by atomic mass is 79.9. The maximum atomic E-state index is 12.9. The van der Waals surface area contributed by atoms with Crippen LogP contribution in [0.5, 0.6) is 0 Å². The predicted molar refractivity (Wildman–Crippen MR) is 87.7 cm³/mol. The summed E-state index contributed by atoms with van der Waals surface area (Å²) in [5, 5.41) is 0. The van der Waals surface area contributed by atoms with Crippen molar-refractivity contribution in [3.8, 4) is 11.6 Å². The van der Waals surface area contributed by atoms with Crippen LogP contribution in [0.1, 0.15) is 12.5 Å². The van der Waals surface area contributed by atoms with E-state index >= 15 is 0 Å². The van der Waals surface area contributed by atoms with Gasteiger partial charge in [0, 0.05) is 10.7 Å². The van der Waals surface area contributed by atoms with E-state index in [1.54, 1.807) is 18.2 Å². The summed E-state index contributed by atoms with van der Waals surface area (Å²) in [6, 6.07) is 5.50. The molecule has 3 aromatic rings. The van der Waals surface area contributed by atoms with E-state index in [4.69, 9.17) is 4.42 Å². The molecule has 0 saturated heterocycles. The van der Waals surface area contributed by atoms with E-state index in [0.717, 1.165) is 4.47 Å². The summed E-state index contributed by atoms with van der Waals surface area (Å²) in [7, 11) is -3.98. The van der Waals surface area contributed by atoms with Crippen LogP contribution in [0, 0.1) is 0 Å². The minimum absolute atomic E-state index is 0.158. The zero-order chi connectivity index (χ0) is 18.4. The Morgan fingerprint density at radius 2 is 1.96 bits per heavy atom. The maximum Gasteiger partial charge on any atom is 0.417 e. The third-order valence-corrected chi connectivity index (χ3v) is 5.68. The van der Waals surface area contributed by atoms with Crippen LogP contribution < -0.4 is 0 Å². The van der Waals surface area contributed by atoms with E-state index < -0.39 is 26.5 Å². The van der Waals surface area contributed by atoms with Crippen LogP contribution in [0.25, 0.3) is 22.7 Å². The monoisotopic (exact) mass is 434 g/mol. The van der Waals surface area contributed by atoms with Crippen molar-refractivity contribution in [1.82, 2.24) is 9.97 Å². The van der Waals surface area contributed by atoms with Crippen molar-refractivity contribution in [2.45, 2.75) is 18.0 Å². The minimum Gasteiger partial charge on any atom is -0.435 e. The molecule has 2 heterocycles. The van der Waals surface area contributed by atoms with Gasteiger partial charge in [-0.25, -0.2) is 18.4 Å². The summed E-state index contributed by atoms with van der Waals surface area (Å²) < 4.78 is 69.5. The largest absolute Gasteiger partial charge is 0.435 e. The van der Waals surface area contributed by atoms with E-state index in [9.17, 15) is 21.6 Å². The summed E-state index contributed by atoms with van der Waals surface area (Å²) in [5.41, 5.74) is -0.616. The van der Waals surface area contributed by atoms with Gasteiger partial charge in [0.1, 0.15) is 11.2 Å². The van der Waals surface area contributed by atoms with Crippen LogP contribution in [0.15, 0.2) is 44.2 Å². The fourth-order valence-electron chi connectivity index (χ4n) is 2.15. The van der Waals surface area contributed by atoms with Crippen molar-refractivity contribution < 1.29 is 26.0 Å². The average molecular weight is 435 g/mol. The van der Waals surface area contributed by atoms with Crippen molar-refractivity contribution in [2.75, 3.05) is 5.75 Å². The molecular formula is C15H10BrF3N2O3S. The number of aromatic nitrogens is 2. The number of hydrogen-bond donors (Lipinski definition) is 0. The van der Waals surface area contributed by atoms with E-state index in [1.807, 2.05) is 0 Å². The number of fused-ring (bicyclic) bond motifs is 1. The number of sulfone groups is 1. The van der Waals surface area contributed by atoms with Crippen molar-refractivity contribution >= 4 is 36.9 Å².